The fraction of sp³-hybridized carbons (Fsp3) is 0.296. The standard InChI is InChI=1S/C27H28ClN3O3S/c1-4-31(5-2)23(32)17-35-26-21(15-29)25(20-13-9-10-14-22(20)28)24(18(3)30-26)27(33)34-16-19-11-7-6-8-12-19/h6-14,25,30H,4-5,16-17H2,1-3H3/t25-/m1/s1. The molecule has 0 saturated heterocycles. The maximum Gasteiger partial charge on any atom is 0.337 e. The molecule has 2 aromatic rings. The van der Waals surface area contributed by atoms with E-state index in [1.165, 1.54) is 11.8 Å². The van der Waals surface area contributed by atoms with Crippen molar-refractivity contribution in [1.29, 1.82) is 5.26 Å². The first-order valence-corrected chi connectivity index (χ1v) is 12.8. The lowest BCUT2D eigenvalue weighted by Gasteiger charge is -2.30. The molecule has 1 amide bonds. The van der Waals surface area contributed by atoms with Gasteiger partial charge in [-0.25, -0.2) is 4.79 Å². The van der Waals surface area contributed by atoms with Crippen LogP contribution >= 0.6 is 23.4 Å². The minimum Gasteiger partial charge on any atom is -0.457 e. The van der Waals surface area contributed by atoms with Gasteiger partial charge in [0.15, 0.2) is 0 Å². The van der Waals surface area contributed by atoms with E-state index in [1.807, 2.05) is 50.2 Å². The lowest BCUT2D eigenvalue weighted by Crippen LogP contribution is -2.33. The number of carbonyl (C=O) groups is 2. The summed E-state index contributed by atoms with van der Waals surface area (Å²) in [5, 5.41) is 14.3. The summed E-state index contributed by atoms with van der Waals surface area (Å²) >= 11 is 7.78. The Hall–Kier alpha value is -3.21. The van der Waals surface area contributed by atoms with Gasteiger partial charge in [-0.15, -0.1) is 0 Å². The number of amides is 1. The van der Waals surface area contributed by atoms with Crippen molar-refractivity contribution in [2.75, 3.05) is 18.8 Å². The molecule has 0 bridgehead atoms. The first-order valence-electron chi connectivity index (χ1n) is 11.4. The largest absolute Gasteiger partial charge is 0.457 e. The van der Waals surface area contributed by atoms with Gasteiger partial charge in [0.2, 0.25) is 5.91 Å². The number of ether oxygens (including phenoxy) is 1. The fourth-order valence-corrected chi connectivity index (χ4v) is 5.16. The van der Waals surface area contributed by atoms with Gasteiger partial charge in [0.25, 0.3) is 0 Å². The summed E-state index contributed by atoms with van der Waals surface area (Å²) in [6.07, 6.45) is 0. The van der Waals surface area contributed by atoms with E-state index in [4.69, 9.17) is 16.3 Å². The number of nitriles is 1. The van der Waals surface area contributed by atoms with E-state index in [1.54, 1.807) is 30.0 Å². The second kappa shape index (κ2) is 12.5. The summed E-state index contributed by atoms with van der Waals surface area (Å²) in [5.74, 6) is -1.09. The van der Waals surface area contributed by atoms with E-state index in [9.17, 15) is 14.9 Å². The van der Waals surface area contributed by atoms with Crippen molar-refractivity contribution in [3.05, 3.63) is 92.6 Å². The lowest BCUT2D eigenvalue weighted by atomic mass is 9.82. The highest BCUT2D eigenvalue weighted by Gasteiger charge is 2.36. The molecule has 35 heavy (non-hydrogen) atoms. The van der Waals surface area contributed by atoms with Crippen LogP contribution in [0.25, 0.3) is 0 Å². The van der Waals surface area contributed by atoms with Gasteiger partial charge in [0.05, 0.1) is 33.9 Å². The Morgan fingerprint density at radius 2 is 1.77 bits per heavy atom. The third kappa shape index (κ3) is 6.27. The van der Waals surface area contributed by atoms with Crippen LogP contribution in [0.1, 0.15) is 37.8 Å². The van der Waals surface area contributed by atoms with E-state index >= 15 is 0 Å². The number of halogens is 1. The predicted octanol–water partition coefficient (Wildman–Crippen LogP) is 5.38. The predicted molar refractivity (Wildman–Crippen MR) is 139 cm³/mol. The van der Waals surface area contributed by atoms with Gasteiger partial charge in [0, 0.05) is 23.8 Å². The molecule has 0 spiro atoms. The molecule has 0 aromatic heterocycles. The van der Waals surface area contributed by atoms with Crippen LogP contribution in [0.5, 0.6) is 0 Å². The van der Waals surface area contributed by atoms with Crippen LogP contribution in [-0.4, -0.2) is 35.6 Å². The van der Waals surface area contributed by atoms with Crippen LogP contribution in [0.4, 0.5) is 0 Å². The van der Waals surface area contributed by atoms with Crippen LogP contribution in [0.2, 0.25) is 5.02 Å². The normalized spacial score (nSPS) is 15.3. The van der Waals surface area contributed by atoms with Crippen molar-refractivity contribution < 1.29 is 14.3 Å². The zero-order chi connectivity index (χ0) is 25.4. The molecule has 1 aliphatic rings. The van der Waals surface area contributed by atoms with Crippen LogP contribution < -0.4 is 5.32 Å². The summed E-state index contributed by atoms with van der Waals surface area (Å²) in [7, 11) is 0. The minimum atomic E-state index is -0.718. The van der Waals surface area contributed by atoms with Crippen molar-refractivity contribution in [2.24, 2.45) is 0 Å². The quantitative estimate of drug-likeness (QED) is 0.457. The highest BCUT2D eigenvalue weighted by molar-refractivity contribution is 8.03. The van der Waals surface area contributed by atoms with Crippen LogP contribution in [0.15, 0.2) is 76.5 Å². The van der Waals surface area contributed by atoms with Crippen molar-refractivity contribution in [1.82, 2.24) is 10.2 Å². The van der Waals surface area contributed by atoms with E-state index < -0.39 is 11.9 Å². The average molecular weight is 510 g/mol. The first kappa shape index (κ1) is 26.4. The number of benzene rings is 2. The van der Waals surface area contributed by atoms with Gasteiger partial charge in [-0.1, -0.05) is 71.9 Å². The van der Waals surface area contributed by atoms with Crippen molar-refractivity contribution in [2.45, 2.75) is 33.3 Å². The van der Waals surface area contributed by atoms with Gasteiger partial charge in [-0.2, -0.15) is 5.26 Å². The molecule has 1 N–H and O–H groups in total. The van der Waals surface area contributed by atoms with E-state index in [2.05, 4.69) is 11.4 Å². The molecule has 8 heteroatoms. The molecule has 1 heterocycles. The van der Waals surface area contributed by atoms with Crippen molar-refractivity contribution in [3.63, 3.8) is 0 Å². The number of carbonyl (C=O) groups excluding carboxylic acids is 2. The monoisotopic (exact) mass is 509 g/mol. The van der Waals surface area contributed by atoms with Gasteiger partial charge < -0.3 is 15.0 Å². The number of hydrogen-bond donors (Lipinski definition) is 1. The second-order valence-corrected chi connectivity index (χ2v) is 9.28. The molecule has 3 rings (SSSR count). The number of esters is 1. The highest BCUT2D eigenvalue weighted by atomic mass is 35.5. The maximum absolute atomic E-state index is 13.3. The van der Waals surface area contributed by atoms with Gasteiger partial charge in [-0.05, 0) is 38.0 Å². The summed E-state index contributed by atoms with van der Waals surface area (Å²) in [6.45, 7) is 6.97. The number of thioether (sulfide) groups is 1. The number of dihydropyridines is 1. The summed E-state index contributed by atoms with van der Waals surface area (Å²) in [6, 6.07) is 18.8. The Morgan fingerprint density at radius 3 is 2.40 bits per heavy atom. The molecule has 0 aliphatic carbocycles. The van der Waals surface area contributed by atoms with E-state index in [0.717, 1.165) is 5.56 Å². The van der Waals surface area contributed by atoms with Crippen LogP contribution in [0.3, 0.4) is 0 Å². The Labute approximate surface area is 215 Å². The number of nitrogens with one attached hydrogen (secondary N) is 1. The average Bonchev–Trinajstić information content (AvgIpc) is 2.87. The van der Waals surface area contributed by atoms with E-state index in [0.29, 0.717) is 45.5 Å². The van der Waals surface area contributed by atoms with Gasteiger partial charge >= 0.3 is 5.97 Å². The summed E-state index contributed by atoms with van der Waals surface area (Å²) in [4.78, 5) is 27.6. The highest BCUT2D eigenvalue weighted by Crippen LogP contribution is 2.43. The molecule has 1 aliphatic heterocycles. The Kier molecular flexibility index (Phi) is 9.41. The molecule has 0 fully saturated rings. The smallest absolute Gasteiger partial charge is 0.337 e. The fourth-order valence-electron chi connectivity index (χ4n) is 3.92. The third-order valence-electron chi connectivity index (χ3n) is 5.75. The van der Waals surface area contributed by atoms with E-state index in [-0.39, 0.29) is 18.3 Å². The number of nitrogens with zero attached hydrogens (tertiary/aromatic N) is 2. The minimum absolute atomic E-state index is 0.0180. The number of hydrogen-bond acceptors (Lipinski definition) is 6. The van der Waals surface area contributed by atoms with Crippen molar-refractivity contribution in [3.8, 4) is 6.07 Å². The molecule has 6 nitrogen and oxygen atoms in total. The number of rotatable bonds is 9. The third-order valence-corrected chi connectivity index (χ3v) is 7.10. The Bertz CT molecular complexity index is 1180. The molecule has 1 atom stereocenters. The zero-order valence-corrected chi connectivity index (χ0v) is 21.6. The zero-order valence-electron chi connectivity index (χ0n) is 20.0. The number of allylic oxidation sites excluding steroid dienone is 2. The topological polar surface area (TPSA) is 82.4 Å². The summed E-state index contributed by atoms with van der Waals surface area (Å²) in [5.41, 5.74) is 2.70. The molecule has 0 radical (unpaired) electrons. The van der Waals surface area contributed by atoms with Crippen molar-refractivity contribution >= 4 is 35.2 Å². The molecule has 0 unspecified atom stereocenters. The maximum atomic E-state index is 13.3. The van der Waals surface area contributed by atoms with Crippen LogP contribution in [-0.2, 0) is 20.9 Å². The Morgan fingerprint density at radius 1 is 1.11 bits per heavy atom. The molecular formula is C27H28ClN3O3S. The summed E-state index contributed by atoms with van der Waals surface area (Å²) < 4.78 is 5.64. The molecular weight excluding hydrogens is 482 g/mol. The SMILES string of the molecule is CCN(CC)C(=O)CSC1=C(C#N)[C@@H](c2ccccc2Cl)C(C(=O)OCc2ccccc2)=C(C)N1. The van der Waals surface area contributed by atoms with Crippen LogP contribution in [0, 0.1) is 11.3 Å². The second-order valence-electron chi connectivity index (χ2n) is 7.89. The van der Waals surface area contributed by atoms with Gasteiger partial charge in [0.1, 0.15) is 6.61 Å². The molecule has 2 aromatic carbocycles. The molecule has 0 saturated carbocycles. The Balaban J connectivity index is 1.96. The first-order chi connectivity index (χ1) is 16.9. The molecule has 182 valence electrons. The lowest BCUT2D eigenvalue weighted by molar-refractivity contribution is -0.140. The van der Waals surface area contributed by atoms with Gasteiger partial charge in [-0.3, -0.25) is 4.79 Å².